The normalized spacial score (nSPS) is 27.5. The minimum Gasteiger partial charge on any atom is -0.339 e. The third-order valence-corrected chi connectivity index (χ3v) is 3.86. The first-order valence-corrected chi connectivity index (χ1v) is 6.33. The van der Waals surface area contributed by atoms with E-state index in [9.17, 15) is 4.79 Å². The molecule has 1 atom stereocenters. The molecule has 1 heterocycles. The zero-order valence-corrected chi connectivity index (χ0v) is 9.45. The Kier molecular flexibility index (Phi) is 3.62. The molecule has 0 aromatic rings. The number of rotatable bonds is 3. The maximum atomic E-state index is 12.2. The number of nitrogens with two attached hydrogens (primary N) is 1. The van der Waals surface area contributed by atoms with Crippen molar-refractivity contribution in [1.82, 2.24) is 4.90 Å². The second-order valence-electron chi connectivity index (χ2n) is 4.89. The average molecular weight is 210 g/mol. The molecule has 1 saturated heterocycles. The van der Waals surface area contributed by atoms with E-state index in [1.807, 2.05) is 0 Å². The van der Waals surface area contributed by atoms with E-state index in [4.69, 9.17) is 5.73 Å². The second-order valence-corrected chi connectivity index (χ2v) is 4.89. The van der Waals surface area contributed by atoms with Crippen LogP contribution < -0.4 is 5.73 Å². The Morgan fingerprint density at radius 1 is 1.20 bits per heavy atom. The molecule has 1 amide bonds. The van der Waals surface area contributed by atoms with Crippen LogP contribution in [0.1, 0.15) is 44.9 Å². The number of hydrogen-bond acceptors (Lipinski definition) is 2. The standard InChI is InChI=1S/C12H22N2O/c13-8-7-11-6-3-9-14(11)12(15)10-4-1-2-5-10/h10-11H,1-9,13H2. The van der Waals surface area contributed by atoms with Gasteiger partial charge in [0.05, 0.1) is 0 Å². The number of nitrogens with zero attached hydrogens (tertiary/aromatic N) is 1. The molecule has 1 aliphatic carbocycles. The Morgan fingerprint density at radius 3 is 2.60 bits per heavy atom. The van der Waals surface area contributed by atoms with Crippen LogP contribution >= 0.6 is 0 Å². The summed E-state index contributed by atoms with van der Waals surface area (Å²) in [6.45, 7) is 1.68. The predicted octanol–water partition coefficient (Wildman–Crippen LogP) is 1.52. The van der Waals surface area contributed by atoms with Gasteiger partial charge in [0.1, 0.15) is 0 Å². The first kappa shape index (κ1) is 10.9. The van der Waals surface area contributed by atoms with Gasteiger partial charge < -0.3 is 10.6 Å². The third kappa shape index (κ3) is 2.33. The van der Waals surface area contributed by atoms with Crippen LogP contribution in [0.5, 0.6) is 0 Å². The van der Waals surface area contributed by atoms with Crippen molar-refractivity contribution in [2.24, 2.45) is 11.7 Å². The third-order valence-electron chi connectivity index (χ3n) is 3.86. The average Bonchev–Trinajstić information content (AvgIpc) is 2.87. The summed E-state index contributed by atoms with van der Waals surface area (Å²) in [5, 5.41) is 0. The van der Waals surface area contributed by atoms with Crippen LogP contribution in [-0.2, 0) is 4.79 Å². The van der Waals surface area contributed by atoms with Gasteiger partial charge in [0.2, 0.25) is 5.91 Å². The van der Waals surface area contributed by atoms with Crippen LogP contribution in [0.2, 0.25) is 0 Å². The number of amides is 1. The summed E-state index contributed by atoms with van der Waals surface area (Å²) in [6, 6.07) is 0.447. The van der Waals surface area contributed by atoms with E-state index in [0.717, 1.165) is 32.2 Å². The molecule has 0 bridgehead atoms. The summed E-state index contributed by atoms with van der Waals surface area (Å²) >= 11 is 0. The quantitative estimate of drug-likeness (QED) is 0.767. The first-order chi connectivity index (χ1) is 7.33. The molecule has 1 unspecified atom stereocenters. The molecule has 2 aliphatic rings. The lowest BCUT2D eigenvalue weighted by atomic mass is 10.1. The van der Waals surface area contributed by atoms with Crippen molar-refractivity contribution in [1.29, 1.82) is 0 Å². The van der Waals surface area contributed by atoms with Gasteiger partial charge in [-0.3, -0.25) is 4.79 Å². The maximum Gasteiger partial charge on any atom is 0.225 e. The van der Waals surface area contributed by atoms with Gasteiger partial charge in [0, 0.05) is 18.5 Å². The van der Waals surface area contributed by atoms with E-state index in [2.05, 4.69) is 4.90 Å². The summed E-state index contributed by atoms with van der Waals surface area (Å²) in [5.41, 5.74) is 5.59. The highest BCUT2D eigenvalue weighted by atomic mass is 16.2. The van der Waals surface area contributed by atoms with E-state index in [-0.39, 0.29) is 0 Å². The Morgan fingerprint density at radius 2 is 1.93 bits per heavy atom. The molecule has 0 spiro atoms. The van der Waals surface area contributed by atoms with Gasteiger partial charge >= 0.3 is 0 Å². The largest absolute Gasteiger partial charge is 0.339 e. The van der Waals surface area contributed by atoms with E-state index >= 15 is 0 Å². The zero-order valence-electron chi connectivity index (χ0n) is 9.45. The van der Waals surface area contributed by atoms with Crippen molar-refractivity contribution in [3.8, 4) is 0 Å². The van der Waals surface area contributed by atoms with Crippen LogP contribution in [-0.4, -0.2) is 29.9 Å². The lowest BCUT2D eigenvalue weighted by Gasteiger charge is -2.27. The van der Waals surface area contributed by atoms with Crippen molar-refractivity contribution in [3.05, 3.63) is 0 Å². The minimum atomic E-state index is 0.336. The maximum absolute atomic E-state index is 12.2. The van der Waals surface area contributed by atoms with Crippen LogP contribution in [0.15, 0.2) is 0 Å². The molecule has 15 heavy (non-hydrogen) atoms. The Bertz CT molecular complexity index is 224. The van der Waals surface area contributed by atoms with Crippen LogP contribution in [0, 0.1) is 5.92 Å². The molecule has 2 rings (SSSR count). The van der Waals surface area contributed by atoms with Crippen molar-refractivity contribution < 1.29 is 4.79 Å². The van der Waals surface area contributed by atoms with Crippen molar-refractivity contribution >= 4 is 5.91 Å². The fourth-order valence-electron chi connectivity index (χ4n) is 3.03. The predicted molar refractivity (Wildman–Crippen MR) is 60.4 cm³/mol. The van der Waals surface area contributed by atoms with Gasteiger partial charge in [0.15, 0.2) is 0 Å². The minimum absolute atomic E-state index is 0.336. The van der Waals surface area contributed by atoms with Gasteiger partial charge in [0.25, 0.3) is 0 Å². The molecule has 2 N–H and O–H groups in total. The van der Waals surface area contributed by atoms with Crippen molar-refractivity contribution in [2.75, 3.05) is 13.1 Å². The van der Waals surface area contributed by atoms with Gasteiger partial charge in [-0.1, -0.05) is 12.8 Å². The lowest BCUT2D eigenvalue weighted by molar-refractivity contribution is -0.136. The van der Waals surface area contributed by atoms with E-state index < -0.39 is 0 Å². The molecule has 0 radical (unpaired) electrons. The Labute approximate surface area is 92.0 Å². The zero-order chi connectivity index (χ0) is 10.7. The first-order valence-electron chi connectivity index (χ1n) is 6.33. The molecule has 1 aliphatic heterocycles. The Hall–Kier alpha value is -0.570. The Balaban J connectivity index is 1.92. The van der Waals surface area contributed by atoms with Gasteiger partial charge in [-0.15, -0.1) is 0 Å². The van der Waals surface area contributed by atoms with Gasteiger partial charge in [-0.05, 0) is 38.6 Å². The SMILES string of the molecule is NCCC1CCCN1C(=O)C1CCCC1. The monoisotopic (exact) mass is 210 g/mol. The van der Waals surface area contributed by atoms with E-state index in [0.29, 0.717) is 24.4 Å². The number of hydrogen-bond donors (Lipinski definition) is 1. The fourth-order valence-corrected chi connectivity index (χ4v) is 3.03. The fraction of sp³-hybridized carbons (Fsp3) is 0.917. The number of likely N-dealkylation sites (tertiary alicyclic amines) is 1. The smallest absolute Gasteiger partial charge is 0.225 e. The molecule has 0 aromatic carbocycles. The van der Waals surface area contributed by atoms with Crippen LogP contribution in [0.4, 0.5) is 0 Å². The van der Waals surface area contributed by atoms with E-state index in [1.165, 1.54) is 19.3 Å². The second kappa shape index (κ2) is 4.97. The van der Waals surface area contributed by atoms with Crippen molar-refractivity contribution in [3.63, 3.8) is 0 Å². The van der Waals surface area contributed by atoms with Crippen molar-refractivity contribution in [2.45, 2.75) is 51.0 Å². The van der Waals surface area contributed by atoms with Gasteiger partial charge in [-0.25, -0.2) is 0 Å². The molecule has 3 nitrogen and oxygen atoms in total. The summed E-state index contributed by atoms with van der Waals surface area (Å²) in [5.74, 6) is 0.756. The highest BCUT2D eigenvalue weighted by Gasteiger charge is 2.33. The molecule has 86 valence electrons. The molecular weight excluding hydrogens is 188 g/mol. The highest BCUT2D eigenvalue weighted by molar-refractivity contribution is 5.79. The topological polar surface area (TPSA) is 46.3 Å². The molecule has 3 heteroatoms. The lowest BCUT2D eigenvalue weighted by Crippen LogP contribution is -2.39. The molecule has 0 aromatic heterocycles. The summed E-state index contributed by atoms with van der Waals surface area (Å²) in [6.07, 6.45) is 8.03. The highest BCUT2D eigenvalue weighted by Crippen LogP contribution is 2.30. The van der Waals surface area contributed by atoms with Gasteiger partial charge in [-0.2, -0.15) is 0 Å². The van der Waals surface area contributed by atoms with Crippen LogP contribution in [0.25, 0.3) is 0 Å². The number of carbonyl (C=O) groups excluding carboxylic acids is 1. The summed E-state index contributed by atoms with van der Waals surface area (Å²) in [7, 11) is 0. The summed E-state index contributed by atoms with van der Waals surface area (Å²) < 4.78 is 0. The van der Waals surface area contributed by atoms with E-state index in [1.54, 1.807) is 0 Å². The molecule has 2 fully saturated rings. The van der Waals surface area contributed by atoms with Crippen LogP contribution in [0.3, 0.4) is 0 Å². The number of carbonyl (C=O) groups is 1. The molecule has 1 saturated carbocycles. The summed E-state index contributed by atoms with van der Waals surface area (Å²) in [4.78, 5) is 14.3. The molecular formula is C12H22N2O.